The Morgan fingerprint density at radius 3 is 1.72 bits per heavy atom. The van der Waals surface area contributed by atoms with Crippen molar-refractivity contribution in [3.63, 3.8) is 0 Å². The first-order valence-electron chi connectivity index (χ1n) is 18.5. The van der Waals surface area contributed by atoms with Crippen molar-refractivity contribution in [2.45, 2.75) is 76.8 Å². The van der Waals surface area contributed by atoms with Gasteiger partial charge in [-0.3, -0.25) is 0 Å². The van der Waals surface area contributed by atoms with E-state index in [0.29, 0.717) is 12.2 Å². The lowest BCUT2D eigenvalue weighted by Crippen LogP contribution is -2.55. The Bertz CT molecular complexity index is 1670. The summed E-state index contributed by atoms with van der Waals surface area (Å²) in [6.07, 6.45) is -1.60. The average Bonchev–Trinajstić information content (AvgIpc) is 3.17. The van der Waals surface area contributed by atoms with Crippen LogP contribution in [0, 0.1) is 11.8 Å². The molecule has 5 unspecified atom stereocenters. The predicted molar refractivity (Wildman–Crippen MR) is 210 cm³/mol. The van der Waals surface area contributed by atoms with Crippen molar-refractivity contribution >= 4 is 14.3 Å². The van der Waals surface area contributed by atoms with Crippen molar-refractivity contribution in [3.8, 4) is 11.5 Å². The number of rotatable bonds is 15. The zero-order valence-corrected chi connectivity index (χ0v) is 33.7. The molecule has 1 aliphatic rings. The van der Waals surface area contributed by atoms with Crippen LogP contribution in [-0.4, -0.2) is 66.8 Å². The second-order valence-electron chi connectivity index (χ2n) is 15.3. The highest BCUT2D eigenvalue weighted by atomic mass is 28.4. The predicted octanol–water partition coefficient (Wildman–Crippen LogP) is 9.27. The number of benzene rings is 4. The first-order chi connectivity index (χ1) is 25.3. The fourth-order valence-electron chi connectivity index (χ4n) is 6.47. The van der Waals surface area contributed by atoms with Gasteiger partial charge < -0.3 is 32.8 Å². The number of ether oxygens (including phenoxy) is 6. The lowest BCUT2D eigenvalue weighted by Gasteiger charge is -2.45. The average molecular weight is 741 g/mol. The molecule has 1 saturated heterocycles. The van der Waals surface area contributed by atoms with Crippen LogP contribution in [0.4, 0.5) is 0 Å². The Hall–Kier alpha value is -3.99. The maximum Gasteiger partial charge on any atom is 0.338 e. The monoisotopic (exact) mass is 740 g/mol. The number of esters is 1. The molecule has 5 atom stereocenters. The lowest BCUT2D eigenvalue weighted by atomic mass is 9.80. The molecule has 0 N–H and O–H groups in total. The van der Waals surface area contributed by atoms with E-state index in [2.05, 4.69) is 59.8 Å². The Kier molecular flexibility index (Phi) is 13.2. The Morgan fingerprint density at radius 1 is 0.698 bits per heavy atom. The number of carbonyl (C=O) groups excluding carboxylic acids is 1. The van der Waals surface area contributed by atoms with Crippen LogP contribution in [0.3, 0.4) is 0 Å². The summed E-state index contributed by atoms with van der Waals surface area (Å²) in [4.78, 5) is 13.3. The number of methoxy groups -OCH3 is 2. The van der Waals surface area contributed by atoms with Crippen LogP contribution < -0.4 is 9.47 Å². The zero-order chi connectivity index (χ0) is 38.2. The van der Waals surface area contributed by atoms with Crippen LogP contribution in [0.5, 0.6) is 11.5 Å². The summed E-state index contributed by atoms with van der Waals surface area (Å²) in [5, 5.41) is 0.00302. The van der Waals surface area contributed by atoms with Crippen LogP contribution in [0.25, 0.3) is 0 Å². The van der Waals surface area contributed by atoms with Gasteiger partial charge in [0.1, 0.15) is 29.3 Å². The third-order valence-electron chi connectivity index (χ3n) is 11.0. The fraction of sp³-hybridized carbons (Fsp3) is 0.432. The summed E-state index contributed by atoms with van der Waals surface area (Å²) < 4.78 is 44.1. The number of carbonyl (C=O) groups is 1. The molecular weight excluding hydrogens is 685 g/mol. The largest absolute Gasteiger partial charge is 0.497 e. The smallest absolute Gasteiger partial charge is 0.338 e. The molecular formula is C44H56O8Si. The van der Waals surface area contributed by atoms with Crippen LogP contribution >= 0.6 is 0 Å². The molecule has 0 aliphatic carbocycles. The zero-order valence-electron chi connectivity index (χ0n) is 32.7. The van der Waals surface area contributed by atoms with E-state index < -0.39 is 32.4 Å². The molecule has 0 spiro atoms. The van der Waals surface area contributed by atoms with Gasteiger partial charge in [0, 0.05) is 11.8 Å². The van der Waals surface area contributed by atoms with Crippen molar-refractivity contribution in [2.75, 3.05) is 34.0 Å². The lowest BCUT2D eigenvalue weighted by molar-refractivity contribution is -0.270. The van der Waals surface area contributed by atoms with Gasteiger partial charge in [0.25, 0.3) is 0 Å². The van der Waals surface area contributed by atoms with E-state index in [1.807, 2.05) is 84.9 Å². The molecule has 1 heterocycles. The van der Waals surface area contributed by atoms with Gasteiger partial charge in [-0.15, -0.1) is 0 Å². The third kappa shape index (κ3) is 9.22. The topological polar surface area (TPSA) is 81.7 Å². The summed E-state index contributed by atoms with van der Waals surface area (Å²) in [7, 11) is 1.17. The molecule has 4 aromatic carbocycles. The summed E-state index contributed by atoms with van der Waals surface area (Å²) in [6.45, 7) is 16.0. The molecule has 8 nitrogen and oxygen atoms in total. The summed E-state index contributed by atoms with van der Waals surface area (Å²) in [5.41, 5.74) is 2.39. The third-order valence-corrected chi connectivity index (χ3v) is 15.5. The maximum atomic E-state index is 13.3. The van der Waals surface area contributed by atoms with Crippen LogP contribution in [0.15, 0.2) is 109 Å². The highest BCUT2D eigenvalue weighted by Gasteiger charge is 2.46. The van der Waals surface area contributed by atoms with E-state index in [0.717, 1.165) is 28.2 Å². The van der Waals surface area contributed by atoms with Gasteiger partial charge in [-0.1, -0.05) is 107 Å². The van der Waals surface area contributed by atoms with Crippen molar-refractivity contribution in [1.82, 2.24) is 0 Å². The Morgan fingerprint density at radius 2 is 1.21 bits per heavy atom. The van der Waals surface area contributed by atoms with Crippen molar-refractivity contribution in [1.29, 1.82) is 0 Å². The maximum absolute atomic E-state index is 13.3. The molecule has 0 amide bonds. The van der Waals surface area contributed by atoms with Gasteiger partial charge in [-0.2, -0.15) is 0 Å². The molecule has 1 aliphatic heterocycles. The van der Waals surface area contributed by atoms with Crippen molar-refractivity contribution < 1.29 is 37.6 Å². The minimum absolute atomic E-state index is 0.00302. The Labute approximate surface area is 316 Å². The quantitative estimate of drug-likeness (QED) is 0.0517. The van der Waals surface area contributed by atoms with Gasteiger partial charge in [-0.05, 0) is 71.2 Å². The van der Waals surface area contributed by atoms with Gasteiger partial charge in [0.05, 0.1) is 39.6 Å². The minimum atomic E-state index is -2.14. The standard InChI is InChI=1S/C44H56O8Si/c1-31-32(2)42(51-39(30-50-53(8,9)43(3,4)5)40(31)52-41(45)33-16-12-10-13-17-33)48-28-29-49-44(34-18-14-11-15-19-34,35-20-24-37(46-6)25-21-35)36-22-26-38(47-7)27-23-36/h10-27,31-32,39-40,42H,28-30H2,1-9H3. The molecule has 9 heteroatoms. The minimum Gasteiger partial charge on any atom is -0.497 e. The van der Waals surface area contributed by atoms with Crippen molar-refractivity contribution in [3.05, 3.63) is 131 Å². The van der Waals surface area contributed by atoms with E-state index in [4.69, 9.17) is 32.8 Å². The molecule has 0 bridgehead atoms. The number of hydrogen-bond acceptors (Lipinski definition) is 8. The normalized spacial score (nSPS) is 20.8. The first kappa shape index (κ1) is 40.2. The van der Waals surface area contributed by atoms with Gasteiger partial charge in [0.2, 0.25) is 0 Å². The molecule has 284 valence electrons. The van der Waals surface area contributed by atoms with E-state index in [1.165, 1.54) is 0 Å². The highest BCUT2D eigenvalue weighted by molar-refractivity contribution is 6.74. The van der Waals surface area contributed by atoms with E-state index in [9.17, 15) is 4.79 Å². The van der Waals surface area contributed by atoms with E-state index in [-0.39, 0.29) is 36.1 Å². The van der Waals surface area contributed by atoms with E-state index in [1.54, 1.807) is 26.4 Å². The Balaban J connectivity index is 1.38. The van der Waals surface area contributed by atoms with Crippen LogP contribution in [0.1, 0.15) is 61.7 Å². The van der Waals surface area contributed by atoms with Gasteiger partial charge >= 0.3 is 5.97 Å². The molecule has 0 aromatic heterocycles. The molecule has 4 aromatic rings. The first-order valence-corrected chi connectivity index (χ1v) is 21.4. The fourth-order valence-corrected chi connectivity index (χ4v) is 7.49. The molecule has 0 saturated carbocycles. The molecule has 0 radical (unpaired) electrons. The second kappa shape index (κ2) is 17.4. The second-order valence-corrected chi connectivity index (χ2v) is 20.1. The van der Waals surface area contributed by atoms with Gasteiger partial charge in [0.15, 0.2) is 14.6 Å². The summed E-state index contributed by atoms with van der Waals surface area (Å²) >= 11 is 0. The summed E-state index contributed by atoms with van der Waals surface area (Å²) in [6, 6.07) is 35.2. The highest BCUT2D eigenvalue weighted by Crippen LogP contribution is 2.42. The number of hydrogen-bond donors (Lipinski definition) is 0. The van der Waals surface area contributed by atoms with Crippen LogP contribution in [-0.2, 0) is 29.0 Å². The van der Waals surface area contributed by atoms with E-state index >= 15 is 0 Å². The molecule has 53 heavy (non-hydrogen) atoms. The van der Waals surface area contributed by atoms with Crippen LogP contribution in [0.2, 0.25) is 18.1 Å². The molecule has 1 fully saturated rings. The van der Waals surface area contributed by atoms with Crippen molar-refractivity contribution in [2.24, 2.45) is 11.8 Å². The summed E-state index contributed by atoms with van der Waals surface area (Å²) in [5.74, 6) is 0.974. The SMILES string of the molecule is COc1ccc(C(OCCOC2OC(CO[Si](C)(C)C(C)(C)C)C(OC(=O)c3ccccc3)C(C)C2C)(c2ccccc2)c2ccc(OC)cc2)cc1. The van der Waals surface area contributed by atoms with Gasteiger partial charge in [-0.25, -0.2) is 4.79 Å². The molecule has 5 rings (SSSR count).